The van der Waals surface area contributed by atoms with Crippen LogP contribution in [0.3, 0.4) is 0 Å². The first-order valence-corrected chi connectivity index (χ1v) is 18.8. The zero-order valence-electron chi connectivity index (χ0n) is 30.3. The second kappa shape index (κ2) is 13.0. The smallest absolute Gasteiger partial charge is 0.145 e. The van der Waals surface area contributed by atoms with Crippen LogP contribution in [-0.4, -0.2) is 24.1 Å². The molecule has 5 aromatic heterocycles. The minimum Gasteiger partial charge on any atom is -0.309 e. The first-order chi connectivity index (χ1) is 27.8. The summed E-state index contributed by atoms with van der Waals surface area (Å²) in [6.07, 6.45) is 5.57. The van der Waals surface area contributed by atoms with Gasteiger partial charge in [0.1, 0.15) is 5.65 Å². The summed E-state index contributed by atoms with van der Waals surface area (Å²) in [4.78, 5) is 14.2. The van der Waals surface area contributed by atoms with Crippen LogP contribution in [0.25, 0.3) is 99.9 Å². The van der Waals surface area contributed by atoms with Gasteiger partial charge in [0.05, 0.1) is 27.9 Å². The van der Waals surface area contributed by atoms with Crippen LogP contribution in [0.2, 0.25) is 0 Å². The molecule has 0 spiro atoms. The van der Waals surface area contributed by atoms with E-state index in [-0.39, 0.29) is 0 Å². The summed E-state index contributed by atoms with van der Waals surface area (Å²) in [5.41, 5.74) is 15.1. The number of hydrogen-bond acceptors (Lipinski definition) is 3. The fourth-order valence-electron chi connectivity index (χ4n) is 8.27. The van der Waals surface area contributed by atoms with Crippen LogP contribution >= 0.6 is 0 Å². The lowest BCUT2D eigenvalue weighted by Gasteiger charge is -2.13. The number of benzene rings is 6. The Morgan fingerprint density at radius 3 is 1.55 bits per heavy atom. The summed E-state index contributed by atoms with van der Waals surface area (Å²) >= 11 is 0. The molecule has 11 aromatic rings. The third-order valence-electron chi connectivity index (χ3n) is 10.8. The zero-order chi connectivity index (χ0) is 37.0. The predicted molar refractivity (Wildman–Crippen MR) is 230 cm³/mol. The molecule has 0 unspecified atom stereocenters. The van der Waals surface area contributed by atoms with Crippen LogP contribution in [0.15, 0.2) is 201 Å². The van der Waals surface area contributed by atoms with Crippen LogP contribution in [0.1, 0.15) is 0 Å². The summed E-state index contributed by atoms with van der Waals surface area (Å²) in [6, 6.07) is 64.7. The lowest BCUT2D eigenvalue weighted by molar-refractivity contribution is 1.14. The minimum atomic E-state index is 0.927. The van der Waals surface area contributed by atoms with Crippen LogP contribution in [0.4, 0.5) is 0 Å². The molecular formula is C51H33N5. The summed E-state index contributed by atoms with van der Waals surface area (Å²) in [5.74, 6) is 0. The SMILES string of the molecule is c1ccc(-n2c3cc(-c4ccc5c6ccccc6n(-c6cccc(-c7cc(-c8ccccn8)cc(-c8ccccn8)c7)c6)c5c4)ccc3c3cccnc32)cc1. The normalized spacial score (nSPS) is 11.6. The highest BCUT2D eigenvalue weighted by Crippen LogP contribution is 2.39. The quantitative estimate of drug-likeness (QED) is 0.172. The van der Waals surface area contributed by atoms with Crippen LogP contribution in [-0.2, 0) is 0 Å². The van der Waals surface area contributed by atoms with Gasteiger partial charge in [-0.15, -0.1) is 0 Å². The Morgan fingerprint density at radius 2 is 0.839 bits per heavy atom. The van der Waals surface area contributed by atoms with E-state index in [2.05, 4.69) is 161 Å². The molecule has 56 heavy (non-hydrogen) atoms. The molecule has 5 nitrogen and oxygen atoms in total. The largest absolute Gasteiger partial charge is 0.309 e. The first-order valence-electron chi connectivity index (χ1n) is 18.8. The van der Waals surface area contributed by atoms with E-state index < -0.39 is 0 Å². The van der Waals surface area contributed by atoms with Gasteiger partial charge in [0.2, 0.25) is 0 Å². The van der Waals surface area contributed by atoms with E-state index >= 15 is 0 Å². The summed E-state index contributed by atoms with van der Waals surface area (Å²) < 4.78 is 4.68. The van der Waals surface area contributed by atoms with Gasteiger partial charge in [-0.3, -0.25) is 14.5 Å². The molecule has 11 rings (SSSR count). The van der Waals surface area contributed by atoms with Gasteiger partial charge in [0.15, 0.2) is 0 Å². The van der Waals surface area contributed by atoms with E-state index in [0.29, 0.717) is 0 Å². The third kappa shape index (κ3) is 5.29. The van der Waals surface area contributed by atoms with Crippen molar-refractivity contribution in [2.45, 2.75) is 0 Å². The van der Waals surface area contributed by atoms with E-state index in [1.807, 2.05) is 48.9 Å². The molecule has 0 atom stereocenters. The Labute approximate surface area is 323 Å². The number of nitrogens with zero attached hydrogens (tertiary/aromatic N) is 5. The van der Waals surface area contributed by atoms with Crippen molar-refractivity contribution in [3.63, 3.8) is 0 Å². The molecule has 0 aliphatic rings. The lowest BCUT2D eigenvalue weighted by Crippen LogP contribution is -1.95. The molecule has 0 aliphatic carbocycles. The maximum atomic E-state index is 4.83. The molecule has 0 N–H and O–H groups in total. The van der Waals surface area contributed by atoms with Gasteiger partial charge in [-0.25, -0.2) is 4.98 Å². The van der Waals surface area contributed by atoms with Crippen molar-refractivity contribution >= 4 is 43.7 Å². The van der Waals surface area contributed by atoms with Crippen molar-refractivity contribution in [2.24, 2.45) is 0 Å². The van der Waals surface area contributed by atoms with E-state index in [4.69, 9.17) is 15.0 Å². The second-order valence-electron chi connectivity index (χ2n) is 14.1. The third-order valence-corrected chi connectivity index (χ3v) is 10.8. The van der Waals surface area contributed by atoms with E-state index in [9.17, 15) is 0 Å². The molecule has 0 amide bonds. The van der Waals surface area contributed by atoms with Crippen molar-refractivity contribution in [1.82, 2.24) is 24.1 Å². The van der Waals surface area contributed by atoms with Crippen LogP contribution in [0.5, 0.6) is 0 Å². The fraction of sp³-hybridized carbons (Fsp3) is 0. The summed E-state index contributed by atoms with van der Waals surface area (Å²) in [7, 11) is 0. The van der Waals surface area contributed by atoms with E-state index in [1.165, 1.54) is 21.7 Å². The van der Waals surface area contributed by atoms with E-state index in [0.717, 1.165) is 78.2 Å². The Bertz CT molecular complexity index is 3180. The maximum absolute atomic E-state index is 4.83. The molecule has 0 radical (unpaired) electrons. The molecular weight excluding hydrogens is 683 g/mol. The molecule has 5 heteroatoms. The molecule has 0 fully saturated rings. The molecule has 0 bridgehead atoms. The van der Waals surface area contributed by atoms with Gasteiger partial charge in [-0.2, -0.15) is 0 Å². The fourth-order valence-corrected chi connectivity index (χ4v) is 8.27. The number of para-hydroxylation sites is 2. The van der Waals surface area contributed by atoms with Gasteiger partial charge in [0, 0.05) is 62.6 Å². The van der Waals surface area contributed by atoms with Gasteiger partial charge in [-0.1, -0.05) is 84.9 Å². The molecule has 0 aliphatic heterocycles. The molecule has 262 valence electrons. The molecule has 5 heterocycles. The minimum absolute atomic E-state index is 0.927. The predicted octanol–water partition coefficient (Wildman–Crippen LogP) is 12.7. The van der Waals surface area contributed by atoms with Crippen molar-refractivity contribution in [1.29, 1.82) is 0 Å². The highest BCUT2D eigenvalue weighted by atomic mass is 15.0. The van der Waals surface area contributed by atoms with Gasteiger partial charge < -0.3 is 4.57 Å². The van der Waals surface area contributed by atoms with E-state index in [1.54, 1.807) is 0 Å². The Hall–Kier alpha value is -7.63. The molecule has 0 saturated carbocycles. The van der Waals surface area contributed by atoms with Crippen LogP contribution in [0, 0.1) is 0 Å². The zero-order valence-corrected chi connectivity index (χ0v) is 30.3. The van der Waals surface area contributed by atoms with Crippen LogP contribution < -0.4 is 0 Å². The number of rotatable bonds is 6. The second-order valence-corrected chi connectivity index (χ2v) is 14.1. The molecule has 6 aromatic carbocycles. The summed E-state index contributed by atoms with van der Waals surface area (Å²) in [5, 5.41) is 4.77. The highest BCUT2D eigenvalue weighted by Gasteiger charge is 2.17. The maximum Gasteiger partial charge on any atom is 0.145 e. The number of hydrogen-bond donors (Lipinski definition) is 0. The first kappa shape index (κ1) is 31.9. The number of aromatic nitrogens is 5. The Balaban J connectivity index is 1.08. The van der Waals surface area contributed by atoms with Gasteiger partial charge >= 0.3 is 0 Å². The number of pyridine rings is 3. The van der Waals surface area contributed by atoms with Gasteiger partial charge in [-0.05, 0) is 119 Å². The molecule has 0 saturated heterocycles. The summed E-state index contributed by atoms with van der Waals surface area (Å²) in [6.45, 7) is 0. The van der Waals surface area contributed by atoms with Crippen molar-refractivity contribution in [2.75, 3.05) is 0 Å². The highest BCUT2D eigenvalue weighted by molar-refractivity contribution is 6.11. The standard InChI is InChI=1S/C51H33N5/c1-2-13-40(14-3-1)56-50-33-36(22-24-44(50)45-17-11-27-54-51(45)56)35-21-23-43-42-16-4-5-20-48(42)55(49(43)32-35)41-15-10-12-34(31-41)37-28-38(46-18-6-8-25-52-46)30-39(29-37)47-19-7-9-26-53-47/h1-33H. The Morgan fingerprint density at radius 1 is 0.286 bits per heavy atom. The lowest BCUT2D eigenvalue weighted by atomic mass is 9.96. The van der Waals surface area contributed by atoms with Crippen molar-refractivity contribution in [3.05, 3.63) is 201 Å². The Kier molecular flexibility index (Phi) is 7.42. The van der Waals surface area contributed by atoms with Crippen molar-refractivity contribution < 1.29 is 0 Å². The van der Waals surface area contributed by atoms with Gasteiger partial charge in [0.25, 0.3) is 0 Å². The topological polar surface area (TPSA) is 48.5 Å². The monoisotopic (exact) mass is 715 g/mol. The average molecular weight is 716 g/mol. The van der Waals surface area contributed by atoms with Crippen molar-refractivity contribution in [3.8, 4) is 56.1 Å². The average Bonchev–Trinajstić information content (AvgIpc) is 3.79. The number of fused-ring (bicyclic) bond motifs is 6.